The van der Waals surface area contributed by atoms with Crippen LogP contribution in [0, 0.1) is 5.92 Å². The molecule has 0 aliphatic rings. The minimum absolute atomic E-state index is 0.0307. The van der Waals surface area contributed by atoms with Crippen LogP contribution < -0.4 is 5.73 Å². The quantitative estimate of drug-likeness (QED) is 0.857. The smallest absolute Gasteiger partial charge is 0.265 e. The molecule has 0 atom stereocenters. The summed E-state index contributed by atoms with van der Waals surface area (Å²) in [5.41, 5.74) is 6.28. The van der Waals surface area contributed by atoms with Crippen molar-refractivity contribution >= 4 is 22.9 Å². The fourth-order valence-electron chi connectivity index (χ4n) is 1.22. The number of carbonyl (C=O) groups is 1. The van der Waals surface area contributed by atoms with Crippen LogP contribution in [0.3, 0.4) is 0 Å². The Morgan fingerprint density at radius 2 is 2.27 bits per heavy atom. The van der Waals surface area contributed by atoms with Crippen molar-refractivity contribution in [3.05, 3.63) is 16.3 Å². The highest BCUT2D eigenvalue weighted by Gasteiger charge is 2.15. The lowest BCUT2D eigenvalue weighted by molar-refractivity contribution is 0.0795. The average molecular weight is 226 g/mol. The number of rotatable bonds is 4. The number of anilines is 1. The molecule has 1 rings (SSSR count). The van der Waals surface area contributed by atoms with Gasteiger partial charge in [-0.3, -0.25) is 4.79 Å². The number of nitrogen functional groups attached to an aromatic ring is 1. The van der Waals surface area contributed by atoms with Crippen molar-refractivity contribution in [2.75, 3.05) is 19.3 Å². The first-order valence-corrected chi connectivity index (χ1v) is 5.98. The Morgan fingerprint density at radius 1 is 1.60 bits per heavy atom. The van der Waals surface area contributed by atoms with Crippen molar-refractivity contribution < 1.29 is 4.79 Å². The van der Waals surface area contributed by atoms with Crippen LogP contribution in [0.5, 0.6) is 0 Å². The molecule has 0 bridgehead atoms. The van der Waals surface area contributed by atoms with Gasteiger partial charge >= 0.3 is 0 Å². The highest BCUT2D eigenvalue weighted by Crippen LogP contribution is 2.20. The molecular weight excluding hydrogens is 208 g/mol. The molecule has 84 valence electrons. The molecule has 0 radical (unpaired) electrons. The summed E-state index contributed by atoms with van der Waals surface area (Å²) >= 11 is 1.40. The molecule has 0 saturated carbocycles. The van der Waals surface area contributed by atoms with E-state index in [-0.39, 0.29) is 5.91 Å². The summed E-state index contributed by atoms with van der Waals surface area (Å²) < 4.78 is 0. The number of nitrogens with two attached hydrogens (primary N) is 1. The van der Waals surface area contributed by atoms with Crippen molar-refractivity contribution in [3.63, 3.8) is 0 Å². The van der Waals surface area contributed by atoms with Crippen LogP contribution in [0.4, 0.5) is 5.69 Å². The SMILES string of the molecule is CC(C)CCN(C)C(=O)c1sccc1N. The van der Waals surface area contributed by atoms with E-state index in [9.17, 15) is 4.79 Å². The molecule has 1 aromatic heterocycles. The number of nitrogens with zero attached hydrogens (tertiary/aromatic N) is 1. The van der Waals surface area contributed by atoms with E-state index < -0.39 is 0 Å². The van der Waals surface area contributed by atoms with Gasteiger partial charge in [0.15, 0.2) is 0 Å². The first kappa shape index (κ1) is 12.0. The van der Waals surface area contributed by atoms with Crippen LogP contribution in [0.15, 0.2) is 11.4 Å². The predicted octanol–water partition coefficient (Wildman–Crippen LogP) is 2.45. The zero-order chi connectivity index (χ0) is 11.4. The highest BCUT2D eigenvalue weighted by molar-refractivity contribution is 7.12. The van der Waals surface area contributed by atoms with Gasteiger partial charge < -0.3 is 10.6 Å². The van der Waals surface area contributed by atoms with Gasteiger partial charge in [-0.15, -0.1) is 11.3 Å². The molecule has 0 unspecified atom stereocenters. The largest absolute Gasteiger partial charge is 0.397 e. The van der Waals surface area contributed by atoms with E-state index >= 15 is 0 Å². The summed E-state index contributed by atoms with van der Waals surface area (Å²) in [6.45, 7) is 5.09. The second-order valence-electron chi connectivity index (χ2n) is 4.11. The van der Waals surface area contributed by atoms with E-state index in [4.69, 9.17) is 5.73 Å². The highest BCUT2D eigenvalue weighted by atomic mass is 32.1. The van der Waals surface area contributed by atoms with Gasteiger partial charge in [0.05, 0.1) is 5.69 Å². The lowest BCUT2D eigenvalue weighted by Gasteiger charge is -2.17. The molecule has 15 heavy (non-hydrogen) atoms. The molecule has 0 saturated heterocycles. The van der Waals surface area contributed by atoms with E-state index in [1.165, 1.54) is 11.3 Å². The molecule has 0 fully saturated rings. The van der Waals surface area contributed by atoms with Crippen LogP contribution >= 0.6 is 11.3 Å². The zero-order valence-electron chi connectivity index (χ0n) is 9.49. The maximum atomic E-state index is 11.9. The zero-order valence-corrected chi connectivity index (χ0v) is 10.3. The predicted molar refractivity (Wildman–Crippen MR) is 65.1 cm³/mol. The van der Waals surface area contributed by atoms with E-state index in [1.807, 2.05) is 12.4 Å². The van der Waals surface area contributed by atoms with E-state index in [2.05, 4.69) is 13.8 Å². The third-order valence-corrected chi connectivity index (χ3v) is 3.20. The Morgan fingerprint density at radius 3 is 2.73 bits per heavy atom. The van der Waals surface area contributed by atoms with E-state index in [0.29, 0.717) is 16.5 Å². The van der Waals surface area contributed by atoms with Crippen molar-refractivity contribution in [1.29, 1.82) is 0 Å². The van der Waals surface area contributed by atoms with E-state index in [1.54, 1.807) is 11.0 Å². The summed E-state index contributed by atoms with van der Waals surface area (Å²) in [6.07, 6.45) is 1.02. The van der Waals surface area contributed by atoms with Gasteiger partial charge in [0.2, 0.25) is 0 Å². The van der Waals surface area contributed by atoms with Crippen molar-refractivity contribution in [3.8, 4) is 0 Å². The van der Waals surface area contributed by atoms with Crippen molar-refractivity contribution in [2.45, 2.75) is 20.3 Å². The van der Waals surface area contributed by atoms with Gasteiger partial charge in [0.25, 0.3) is 5.91 Å². The van der Waals surface area contributed by atoms with Crippen LogP contribution in [-0.4, -0.2) is 24.4 Å². The Bertz CT molecular complexity index is 333. The van der Waals surface area contributed by atoms with Gasteiger partial charge in [-0.2, -0.15) is 0 Å². The molecule has 3 nitrogen and oxygen atoms in total. The number of hydrogen-bond acceptors (Lipinski definition) is 3. The Hall–Kier alpha value is -1.03. The standard InChI is InChI=1S/C11H18N2OS/c1-8(2)4-6-13(3)11(14)10-9(12)5-7-15-10/h5,7-8H,4,6,12H2,1-3H3. The van der Waals surface area contributed by atoms with Gasteiger partial charge in [0, 0.05) is 13.6 Å². The molecule has 0 spiro atoms. The van der Waals surface area contributed by atoms with Gasteiger partial charge in [-0.25, -0.2) is 0 Å². The fraction of sp³-hybridized carbons (Fsp3) is 0.545. The van der Waals surface area contributed by atoms with Crippen LogP contribution in [0.1, 0.15) is 29.9 Å². The topological polar surface area (TPSA) is 46.3 Å². The molecule has 0 aliphatic heterocycles. The van der Waals surface area contributed by atoms with Crippen molar-refractivity contribution in [1.82, 2.24) is 4.90 Å². The first-order chi connectivity index (χ1) is 7.02. The lowest BCUT2D eigenvalue weighted by Crippen LogP contribution is -2.28. The first-order valence-electron chi connectivity index (χ1n) is 5.10. The van der Waals surface area contributed by atoms with Gasteiger partial charge in [0.1, 0.15) is 4.88 Å². The fourth-order valence-corrected chi connectivity index (χ4v) is 2.03. The second kappa shape index (κ2) is 5.16. The van der Waals surface area contributed by atoms with Crippen LogP contribution in [-0.2, 0) is 0 Å². The summed E-state index contributed by atoms with van der Waals surface area (Å²) in [5, 5.41) is 1.85. The molecule has 0 aromatic carbocycles. The minimum atomic E-state index is 0.0307. The molecule has 4 heteroatoms. The molecule has 1 aromatic rings. The van der Waals surface area contributed by atoms with Crippen LogP contribution in [0.2, 0.25) is 0 Å². The molecule has 1 heterocycles. The summed E-state index contributed by atoms with van der Waals surface area (Å²) in [6, 6.07) is 1.77. The third kappa shape index (κ3) is 3.23. The van der Waals surface area contributed by atoms with Crippen LogP contribution in [0.25, 0.3) is 0 Å². The Labute approximate surface area is 94.9 Å². The maximum Gasteiger partial charge on any atom is 0.265 e. The minimum Gasteiger partial charge on any atom is -0.397 e. The van der Waals surface area contributed by atoms with Gasteiger partial charge in [-0.1, -0.05) is 13.8 Å². The molecule has 2 N–H and O–H groups in total. The summed E-state index contributed by atoms with van der Waals surface area (Å²) in [5.74, 6) is 0.643. The average Bonchev–Trinajstić information content (AvgIpc) is 2.59. The summed E-state index contributed by atoms with van der Waals surface area (Å²) in [7, 11) is 1.82. The number of amides is 1. The summed E-state index contributed by atoms with van der Waals surface area (Å²) in [4.78, 5) is 14.3. The normalized spacial score (nSPS) is 10.7. The third-order valence-electron chi connectivity index (χ3n) is 2.28. The number of hydrogen-bond donors (Lipinski definition) is 1. The molecule has 1 amide bonds. The van der Waals surface area contributed by atoms with Gasteiger partial charge in [-0.05, 0) is 23.8 Å². The lowest BCUT2D eigenvalue weighted by atomic mass is 10.1. The van der Waals surface area contributed by atoms with Crippen molar-refractivity contribution in [2.24, 2.45) is 5.92 Å². The maximum absolute atomic E-state index is 11.9. The monoisotopic (exact) mass is 226 g/mol. The number of thiophene rings is 1. The number of carbonyl (C=O) groups excluding carboxylic acids is 1. The molecule has 0 aliphatic carbocycles. The second-order valence-corrected chi connectivity index (χ2v) is 5.03. The Balaban J connectivity index is 2.57. The molecular formula is C11H18N2OS. The Kier molecular flexibility index (Phi) is 4.15. The van der Waals surface area contributed by atoms with E-state index in [0.717, 1.165) is 13.0 Å².